The smallest absolute Gasteiger partial charge is 0.227 e. The fourth-order valence-corrected chi connectivity index (χ4v) is 1.55. The molecule has 15 heavy (non-hydrogen) atoms. The Morgan fingerprint density at radius 1 is 1.40 bits per heavy atom. The van der Waals surface area contributed by atoms with Crippen LogP contribution in [0.1, 0.15) is 12.8 Å². The molecule has 0 aliphatic heterocycles. The number of carbonyl (C=O) groups is 1. The van der Waals surface area contributed by atoms with Crippen LogP contribution in [0.25, 0.3) is 0 Å². The summed E-state index contributed by atoms with van der Waals surface area (Å²) in [6.45, 7) is 0. The van der Waals surface area contributed by atoms with E-state index >= 15 is 0 Å². The highest BCUT2D eigenvalue weighted by Crippen LogP contribution is 2.32. The summed E-state index contributed by atoms with van der Waals surface area (Å²) in [5.41, 5.74) is 0.0141. The van der Waals surface area contributed by atoms with Gasteiger partial charge in [-0.3, -0.25) is 4.79 Å². The van der Waals surface area contributed by atoms with Gasteiger partial charge in [-0.05, 0) is 40.9 Å². The quantitative estimate of drug-likeness (QED) is 0.826. The van der Waals surface area contributed by atoms with Crippen LogP contribution in [0, 0.1) is 17.6 Å². The second-order valence-corrected chi connectivity index (χ2v) is 4.28. The van der Waals surface area contributed by atoms with Crippen molar-refractivity contribution in [3.63, 3.8) is 0 Å². The Hall–Kier alpha value is -0.970. The first-order chi connectivity index (χ1) is 7.09. The molecule has 2 nitrogen and oxygen atoms in total. The molecule has 80 valence electrons. The summed E-state index contributed by atoms with van der Waals surface area (Å²) in [7, 11) is 0. The number of anilines is 1. The average molecular weight is 276 g/mol. The van der Waals surface area contributed by atoms with Gasteiger partial charge >= 0.3 is 0 Å². The number of benzene rings is 1. The van der Waals surface area contributed by atoms with Crippen LogP contribution in [0.4, 0.5) is 14.5 Å². The van der Waals surface area contributed by atoms with Crippen molar-refractivity contribution in [3.8, 4) is 0 Å². The predicted molar refractivity (Wildman–Crippen MR) is 55.4 cm³/mol. The summed E-state index contributed by atoms with van der Waals surface area (Å²) in [4.78, 5) is 11.3. The Kier molecular flexibility index (Phi) is 2.73. The Bertz CT molecular complexity index is 418. The van der Waals surface area contributed by atoms with E-state index < -0.39 is 11.6 Å². The number of nitrogens with one attached hydrogen (secondary N) is 1. The van der Waals surface area contributed by atoms with Crippen LogP contribution in [0.3, 0.4) is 0 Å². The first kappa shape index (κ1) is 10.5. The molecule has 1 fully saturated rings. The van der Waals surface area contributed by atoms with Gasteiger partial charge in [-0.1, -0.05) is 0 Å². The molecule has 0 aromatic heterocycles. The molecule has 0 spiro atoms. The van der Waals surface area contributed by atoms with Crippen molar-refractivity contribution in [1.29, 1.82) is 0 Å². The molecule has 1 aromatic rings. The first-order valence-corrected chi connectivity index (χ1v) is 5.33. The monoisotopic (exact) mass is 275 g/mol. The van der Waals surface area contributed by atoms with Gasteiger partial charge in [0.15, 0.2) is 5.82 Å². The van der Waals surface area contributed by atoms with E-state index in [2.05, 4.69) is 21.2 Å². The molecule has 0 bridgehead atoms. The molecule has 0 heterocycles. The first-order valence-electron chi connectivity index (χ1n) is 4.54. The fraction of sp³-hybridized carbons (Fsp3) is 0.300. The van der Waals surface area contributed by atoms with Gasteiger partial charge in [0.1, 0.15) is 5.82 Å². The van der Waals surface area contributed by atoms with E-state index in [-0.39, 0.29) is 22.0 Å². The highest BCUT2D eigenvalue weighted by Gasteiger charge is 2.30. The lowest BCUT2D eigenvalue weighted by molar-refractivity contribution is -0.117. The highest BCUT2D eigenvalue weighted by molar-refractivity contribution is 9.10. The van der Waals surface area contributed by atoms with E-state index in [1.807, 2.05) is 0 Å². The zero-order valence-electron chi connectivity index (χ0n) is 7.69. The van der Waals surface area contributed by atoms with Crippen LogP contribution in [0.2, 0.25) is 0 Å². The standard InChI is InChI=1S/C10H8BrF2NO/c11-8-6(12)3-4-7(9(8)13)14-10(15)5-1-2-5/h3-5H,1-2H2,(H,14,15). The largest absolute Gasteiger partial charge is 0.323 e. The fourth-order valence-electron chi connectivity index (χ4n) is 1.20. The van der Waals surface area contributed by atoms with E-state index in [1.54, 1.807) is 0 Å². The maximum Gasteiger partial charge on any atom is 0.227 e. The molecular formula is C10H8BrF2NO. The predicted octanol–water partition coefficient (Wildman–Crippen LogP) is 3.08. The molecule has 1 aromatic carbocycles. The van der Waals surface area contributed by atoms with E-state index in [1.165, 1.54) is 6.07 Å². The normalized spacial score (nSPS) is 15.1. The van der Waals surface area contributed by atoms with Crippen LogP contribution in [-0.2, 0) is 4.79 Å². The van der Waals surface area contributed by atoms with E-state index in [4.69, 9.17) is 0 Å². The van der Waals surface area contributed by atoms with Crippen molar-refractivity contribution in [3.05, 3.63) is 28.2 Å². The van der Waals surface area contributed by atoms with Crippen molar-refractivity contribution in [1.82, 2.24) is 0 Å². The van der Waals surface area contributed by atoms with Crippen LogP contribution >= 0.6 is 15.9 Å². The lowest BCUT2D eigenvalue weighted by Crippen LogP contribution is -2.14. The second-order valence-electron chi connectivity index (χ2n) is 3.49. The molecule has 1 saturated carbocycles. The number of rotatable bonds is 2. The van der Waals surface area contributed by atoms with Crippen LogP contribution in [0.15, 0.2) is 16.6 Å². The number of hydrogen-bond acceptors (Lipinski definition) is 1. The lowest BCUT2D eigenvalue weighted by atomic mass is 10.3. The summed E-state index contributed by atoms with van der Waals surface area (Å²) >= 11 is 2.77. The lowest BCUT2D eigenvalue weighted by Gasteiger charge is -2.06. The van der Waals surface area contributed by atoms with E-state index in [0.717, 1.165) is 18.9 Å². The van der Waals surface area contributed by atoms with Crippen molar-refractivity contribution in [2.45, 2.75) is 12.8 Å². The third-order valence-electron chi connectivity index (χ3n) is 2.24. The van der Waals surface area contributed by atoms with Crippen molar-refractivity contribution >= 4 is 27.5 Å². The second kappa shape index (κ2) is 3.89. The Morgan fingerprint density at radius 3 is 2.67 bits per heavy atom. The summed E-state index contributed by atoms with van der Waals surface area (Å²) in [5.74, 6) is -1.67. The van der Waals surface area contributed by atoms with E-state index in [9.17, 15) is 13.6 Å². The highest BCUT2D eigenvalue weighted by atomic mass is 79.9. The maximum atomic E-state index is 13.4. The minimum absolute atomic E-state index is 0.00627. The Labute approximate surface area is 93.8 Å². The number of amides is 1. The van der Waals surface area contributed by atoms with E-state index in [0.29, 0.717) is 0 Å². The van der Waals surface area contributed by atoms with Gasteiger partial charge in [0, 0.05) is 5.92 Å². The molecule has 1 N–H and O–H groups in total. The van der Waals surface area contributed by atoms with Crippen LogP contribution in [-0.4, -0.2) is 5.91 Å². The van der Waals surface area contributed by atoms with Gasteiger partial charge in [0.2, 0.25) is 5.91 Å². The molecule has 1 amide bonds. The van der Waals surface area contributed by atoms with Gasteiger partial charge in [0.25, 0.3) is 0 Å². The van der Waals surface area contributed by atoms with Crippen LogP contribution < -0.4 is 5.32 Å². The summed E-state index contributed by atoms with van der Waals surface area (Å²) < 4.78 is 26.0. The maximum absolute atomic E-state index is 13.4. The van der Waals surface area contributed by atoms with Gasteiger partial charge in [-0.2, -0.15) is 0 Å². The SMILES string of the molecule is O=C(Nc1ccc(F)c(Br)c1F)C1CC1. The van der Waals surface area contributed by atoms with Crippen molar-refractivity contribution < 1.29 is 13.6 Å². The Morgan fingerprint density at radius 2 is 2.07 bits per heavy atom. The molecule has 1 aliphatic carbocycles. The molecule has 5 heteroatoms. The van der Waals surface area contributed by atoms with Crippen LogP contribution in [0.5, 0.6) is 0 Å². The number of carbonyl (C=O) groups excluding carboxylic acids is 1. The summed E-state index contributed by atoms with van der Waals surface area (Å²) in [6, 6.07) is 2.32. The van der Waals surface area contributed by atoms with Gasteiger partial charge in [0.05, 0.1) is 10.2 Å². The van der Waals surface area contributed by atoms with Crippen molar-refractivity contribution in [2.75, 3.05) is 5.32 Å². The minimum atomic E-state index is -0.774. The molecule has 0 atom stereocenters. The molecule has 1 aliphatic rings. The molecule has 2 rings (SSSR count). The number of hydrogen-bond donors (Lipinski definition) is 1. The molecular weight excluding hydrogens is 268 g/mol. The average Bonchev–Trinajstić information content (AvgIpc) is 3.02. The Balaban J connectivity index is 2.21. The molecule has 0 radical (unpaired) electrons. The summed E-state index contributed by atoms with van der Waals surface area (Å²) in [6.07, 6.45) is 1.69. The molecule has 0 saturated heterocycles. The topological polar surface area (TPSA) is 29.1 Å². The zero-order valence-corrected chi connectivity index (χ0v) is 9.27. The minimum Gasteiger partial charge on any atom is -0.323 e. The molecule has 0 unspecified atom stereocenters. The third-order valence-corrected chi connectivity index (χ3v) is 2.97. The summed E-state index contributed by atoms with van der Waals surface area (Å²) in [5, 5.41) is 2.43. The van der Waals surface area contributed by atoms with Crippen molar-refractivity contribution in [2.24, 2.45) is 5.92 Å². The van der Waals surface area contributed by atoms with Gasteiger partial charge < -0.3 is 5.32 Å². The zero-order chi connectivity index (χ0) is 11.0. The number of halogens is 3. The van der Waals surface area contributed by atoms with Gasteiger partial charge in [-0.15, -0.1) is 0 Å². The van der Waals surface area contributed by atoms with Gasteiger partial charge in [-0.25, -0.2) is 8.78 Å². The third kappa shape index (κ3) is 2.17.